The summed E-state index contributed by atoms with van der Waals surface area (Å²) in [6.45, 7) is 0.540. The molecule has 0 spiro atoms. The minimum Gasteiger partial charge on any atom is -0.385 e. The third-order valence-electron chi connectivity index (χ3n) is 1.69. The van der Waals surface area contributed by atoms with Gasteiger partial charge in [0, 0.05) is 26.2 Å². The van der Waals surface area contributed by atoms with E-state index in [0.29, 0.717) is 25.3 Å². The second kappa shape index (κ2) is 6.62. The Kier molecular flexibility index (Phi) is 5.45. The van der Waals surface area contributed by atoms with E-state index in [1.54, 1.807) is 7.11 Å². The van der Waals surface area contributed by atoms with Crippen LogP contribution in [0, 0.1) is 0 Å². The van der Waals surface area contributed by atoms with Gasteiger partial charge in [0.1, 0.15) is 11.0 Å². The summed E-state index contributed by atoms with van der Waals surface area (Å²) in [6, 6.07) is 1.43. The Hall–Kier alpha value is -0.910. The van der Waals surface area contributed by atoms with Gasteiger partial charge in [-0.05, 0) is 18.0 Å². The number of carbonyl (C=O) groups excluding carboxylic acids is 1. The van der Waals surface area contributed by atoms with E-state index in [-0.39, 0.29) is 16.3 Å². The maximum absolute atomic E-state index is 11.4. The minimum atomic E-state index is -0.164. The van der Waals surface area contributed by atoms with Crippen LogP contribution in [-0.4, -0.2) is 29.6 Å². The Morgan fingerprint density at radius 2 is 2.25 bits per heavy atom. The molecule has 1 aromatic heterocycles. The number of aromatic nitrogens is 2. The van der Waals surface area contributed by atoms with Crippen molar-refractivity contribution in [1.29, 1.82) is 0 Å². The first-order valence-corrected chi connectivity index (χ1v) is 5.36. The highest BCUT2D eigenvalue weighted by Gasteiger charge is 2.05. The van der Waals surface area contributed by atoms with Crippen LogP contribution in [0.1, 0.15) is 12.8 Å². The van der Waals surface area contributed by atoms with Gasteiger partial charge < -0.3 is 10.1 Å². The quantitative estimate of drug-likeness (QED) is 0.502. The molecule has 0 aromatic carbocycles. The Morgan fingerprint density at radius 1 is 1.50 bits per heavy atom. The van der Waals surface area contributed by atoms with Gasteiger partial charge in [-0.3, -0.25) is 4.79 Å². The van der Waals surface area contributed by atoms with Gasteiger partial charge in [0.2, 0.25) is 11.2 Å². The Morgan fingerprint density at radius 3 is 2.88 bits per heavy atom. The Balaban J connectivity index is 2.49. The largest absolute Gasteiger partial charge is 0.385 e. The third kappa shape index (κ3) is 4.74. The van der Waals surface area contributed by atoms with Crippen molar-refractivity contribution in [3.8, 4) is 0 Å². The smallest absolute Gasteiger partial charge is 0.225 e. The SMILES string of the molecule is COCCCC(=O)Nc1cc(Cl)nc(Cl)n1. The van der Waals surface area contributed by atoms with E-state index in [1.807, 2.05) is 0 Å². The molecule has 1 heterocycles. The third-order valence-corrected chi connectivity index (χ3v) is 2.05. The molecule has 0 aliphatic carbocycles. The van der Waals surface area contributed by atoms with Gasteiger partial charge in [0.05, 0.1) is 0 Å². The van der Waals surface area contributed by atoms with Crippen molar-refractivity contribution in [3.05, 3.63) is 16.5 Å². The number of carbonyl (C=O) groups is 1. The fourth-order valence-electron chi connectivity index (χ4n) is 1.04. The molecule has 0 saturated carbocycles. The van der Waals surface area contributed by atoms with Crippen LogP contribution in [0.5, 0.6) is 0 Å². The molecule has 1 rings (SSSR count). The summed E-state index contributed by atoms with van der Waals surface area (Å²) in [6.07, 6.45) is 1.00. The van der Waals surface area contributed by atoms with Crippen LogP contribution in [-0.2, 0) is 9.53 Å². The lowest BCUT2D eigenvalue weighted by molar-refractivity contribution is -0.116. The number of methoxy groups -OCH3 is 1. The summed E-state index contributed by atoms with van der Waals surface area (Å²) in [5.74, 6) is 0.135. The predicted octanol–water partition coefficient (Wildman–Crippen LogP) is 2.15. The summed E-state index contributed by atoms with van der Waals surface area (Å²) in [5.41, 5.74) is 0. The van der Waals surface area contributed by atoms with Gasteiger partial charge in [-0.25, -0.2) is 9.97 Å². The van der Waals surface area contributed by atoms with E-state index in [1.165, 1.54) is 6.07 Å². The number of ether oxygens (including phenoxy) is 1. The molecular formula is C9H11Cl2N3O2. The number of hydrogen-bond acceptors (Lipinski definition) is 4. The highest BCUT2D eigenvalue weighted by molar-refractivity contribution is 6.32. The highest BCUT2D eigenvalue weighted by atomic mass is 35.5. The maximum Gasteiger partial charge on any atom is 0.225 e. The van der Waals surface area contributed by atoms with Crippen molar-refractivity contribution in [2.24, 2.45) is 0 Å². The molecule has 0 saturated heterocycles. The van der Waals surface area contributed by atoms with E-state index in [4.69, 9.17) is 27.9 Å². The Labute approximate surface area is 103 Å². The molecule has 1 N–H and O–H groups in total. The number of hydrogen-bond donors (Lipinski definition) is 1. The summed E-state index contributed by atoms with van der Waals surface area (Å²) in [7, 11) is 1.59. The summed E-state index contributed by atoms with van der Waals surface area (Å²) >= 11 is 11.2. The lowest BCUT2D eigenvalue weighted by Crippen LogP contribution is -2.13. The summed E-state index contributed by atoms with van der Waals surface area (Å²) < 4.78 is 4.83. The fraction of sp³-hybridized carbons (Fsp3) is 0.444. The average molecular weight is 264 g/mol. The van der Waals surface area contributed by atoms with Crippen LogP contribution < -0.4 is 5.32 Å². The number of nitrogens with zero attached hydrogens (tertiary/aromatic N) is 2. The van der Waals surface area contributed by atoms with Crippen LogP contribution in [0.3, 0.4) is 0 Å². The van der Waals surface area contributed by atoms with Crippen molar-refractivity contribution >= 4 is 34.9 Å². The topological polar surface area (TPSA) is 64.1 Å². The molecule has 1 amide bonds. The Bertz CT molecular complexity index is 354. The van der Waals surface area contributed by atoms with Gasteiger partial charge >= 0.3 is 0 Å². The lowest BCUT2D eigenvalue weighted by Gasteiger charge is -2.04. The molecule has 88 valence electrons. The van der Waals surface area contributed by atoms with Crippen LogP contribution in [0.25, 0.3) is 0 Å². The molecule has 0 bridgehead atoms. The molecule has 0 aliphatic heterocycles. The number of rotatable bonds is 5. The van der Waals surface area contributed by atoms with Gasteiger partial charge in [-0.1, -0.05) is 11.6 Å². The molecule has 16 heavy (non-hydrogen) atoms. The van der Waals surface area contributed by atoms with Gasteiger partial charge in [-0.15, -0.1) is 0 Å². The fourth-order valence-corrected chi connectivity index (χ4v) is 1.45. The van der Waals surface area contributed by atoms with Crippen molar-refractivity contribution < 1.29 is 9.53 Å². The van der Waals surface area contributed by atoms with E-state index in [0.717, 1.165) is 0 Å². The van der Waals surface area contributed by atoms with Gasteiger partial charge in [0.15, 0.2) is 0 Å². The highest BCUT2D eigenvalue weighted by Crippen LogP contribution is 2.14. The van der Waals surface area contributed by atoms with E-state index in [9.17, 15) is 4.79 Å². The molecule has 1 aromatic rings. The monoisotopic (exact) mass is 263 g/mol. The summed E-state index contributed by atoms with van der Waals surface area (Å²) in [4.78, 5) is 18.9. The first kappa shape index (κ1) is 13.2. The number of nitrogens with one attached hydrogen (secondary N) is 1. The van der Waals surface area contributed by atoms with Crippen LogP contribution in [0.15, 0.2) is 6.07 Å². The van der Waals surface area contributed by atoms with Gasteiger partial charge in [0.25, 0.3) is 0 Å². The summed E-state index contributed by atoms with van der Waals surface area (Å²) in [5, 5.41) is 2.75. The van der Waals surface area contributed by atoms with Crippen molar-refractivity contribution in [3.63, 3.8) is 0 Å². The minimum absolute atomic E-state index is 0.000286. The molecular weight excluding hydrogens is 253 g/mol. The zero-order chi connectivity index (χ0) is 12.0. The van der Waals surface area contributed by atoms with E-state index >= 15 is 0 Å². The molecule has 0 fully saturated rings. The molecule has 0 atom stereocenters. The maximum atomic E-state index is 11.4. The second-order valence-electron chi connectivity index (χ2n) is 2.99. The standard InChI is InChI=1S/C9H11Cl2N3O2/c1-16-4-2-3-8(15)13-7-5-6(10)12-9(11)14-7/h5H,2-4H2,1H3,(H,12,13,14,15). The van der Waals surface area contributed by atoms with Crippen molar-refractivity contribution in [2.75, 3.05) is 19.0 Å². The zero-order valence-electron chi connectivity index (χ0n) is 8.67. The number of amides is 1. The van der Waals surface area contributed by atoms with Crippen molar-refractivity contribution in [1.82, 2.24) is 9.97 Å². The average Bonchev–Trinajstić information content (AvgIpc) is 2.16. The van der Waals surface area contributed by atoms with Crippen LogP contribution >= 0.6 is 23.2 Å². The van der Waals surface area contributed by atoms with E-state index < -0.39 is 0 Å². The molecule has 0 aliphatic rings. The van der Waals surface area contributed by atoms with Gasteiger partial charge in [-0.2, -0.15) is 0 Å². The lowest BCUT2D eigenvalue weighted by atomic mass is 10.3. The molecule has 0 unspecified atom stereocenters. The number of anilines is 1. The molecule has 7 heteroatoms. The first-order valence-electron chi connectivity index (χ1n) is 4.60. The van der Waals surface area contributed by atoms with Crippen molar-refractivity contribution in [2.45, 2.75) is 12.8 Å². The van der Waals surface area contributed by atoms with Crippen LogP contribution in [0.2, 0.25) is 10.4 Å². The second-order valence-corrected chi connectivity index (χ2v) is 3.71. The molecule has 0 radical (unpaired) electrons. The van der Waals surface area contributed by atoms with Crippen LogP contribution in [0.4, 0.5) is 5.82 Å². The first-order chi connectivity index (χ1) is 7.61. The molecule has 5 nitrogen and oxygen atoms in total. The predicted molar refractivity (Wildman–Crippen MR) is 61.8 cm³/mol. The normalized spacial score (nSPS) is 10.2. The van der Waals surface area contributed by atoms with E-state index in [2.05, 4.69) is 15.3 Å². The zero-order valence-corrected chi connectivity index (χ0v) is 10.2. The number of halogens is 2.